The number of nitrogens with zero attached hydrogens (tertiary/aromatic N) is 1. The molecule has 2 fully saturated rings. The Kier molecular flexibility index (Phi) is 3.21. The van der Waals surface area contributed by atoms with E-state index in [0.29, 0.717) is 11.3 Å². The van der Waals surface area contributed by atoms with Crippen LogP contribution < -0.4 is 5.73 Å². The molecule has 0 spiro atoms. The summed E-state index contributed by atoms with van der Waals surface area (Å²) in [4.78, 5) is 14.7. The van der Waals surface area contributed by atoms with Crippen molar-refractivity contribution in [2.45, 2.75) is 32.6 Å². The predicted octanol–water partition coefficient (Wildman–Crippen LogP) is 2.84. The van der Waals surface area contributed by atoms with Crippen molar-refractivity contribution in [1.29, 1.82) is 0 Å². The third kappa shape index (κ3) is 2.91. The van der Waals surface area contributed by atoms with Crippen molar-refractivity contribution in [2.24, 2.45) is 11.8 Å². The van der Waals surface area contributed by atoms with Gasteiger partial charge >= 0.3 is 0 Å². The number of para-hydroxylation sites is 1. The fourth-order valence-electron chi connectivity index (χ4n) is 2.50. The van der Waals surface area contributed by atoms with Crippen molar-refractivity contribution in [3.8, 4) is 0 Å². The van der Waals surface area contributed by atoms with Crippen molar-refractivity contribution >= 4 is 11.6 Å². The SMILES string of the molecule is Cc1cccc(C(=O)N(CC2CC2)CC2CC2)c1N. The number of carbonyl (C=O) groups excluding carboxylic acids is 1. The van der Waals surface area contributed by atoms with Gasteiger partial charge in [-0.3, -0.25) is 4.79 Å². The number of amides is 1. The molecule has 1 aromatic rings. The van der Waals surface area contributed by atoms with E-state index in [1.807, 2.05) is 30.0 Å². The number of nitrogen functional groups attached to an aromatic ring is 1. The highest BCUT2D eigenvalue weighted by Gasteiger charge is 2.32. The largest absolute Gasteiger partial charge is 0.398 e. The molecule has 0 unspecified atom stereocenters. The van der Waals surface area contributed by atoms with Crippen LogP contribution in [0.25, 0.3) is 0 Å². The molecule has 0 heterocycles. The highest BCUT2D eigenvalue weighted by Crippen LogP contribution is 2.34. The Balaban J connectivity index is 1.79. The van der Waals surface area contributed by atoms with E-state index < -0.39 is 0 Å². The molecule has 2 N–H and O–H groups in total. The number of carbonyl (C=O) groups is 1. The van der Waals surface area contributed by atoms with Gasteiger partial charge in [0, 0.05) is 18.8 Å². The van der Waals surface area contributed by atoms with Gasteiger partial charge < -0.3 is 10.6 Å². The molecule has 2 aliphatic carbocycles. The maximum atomic E-state index is 12.7. The van der Waals surface area contributed by atoms with Crippen molar-refractivity contribution in [2.75, 3.05) is 18.8 Å². The smallest absolute Gasteiger partial charge is 0.255 e. The van der Waals surface area contributed by atoms with Crippen LogP contribution in [0.15, 0.2) is 18.2 Å². The van der Waals surface area contributed by atoms with E-state index in [1.165, 1.54) is 25.7 Å². The van der Waals surface area contributed by atoms with Crippen LogP contribution in [0.3, 0.4) is 0 Å². The number of hydrogen-bond acceptors (Lipinski definition) is 2. The van der Waals surface area contributed by atoms with Crippen LogP contribution in [-0.4, -0.2) is 23.9 Å². The highest BCUT2D eigenvalue weighted by atomic mass is 16.2. The predicted molar refractivity (Wildman–Crippen MR) is 76.9 cm³/mol. The number of hydrogen-bond donors (Lipinski definition) is 1. The summed E-state index contributed by atoms with van der Waals surface area (Å²) < 4.78 is 0. The van der Waals surface area contributed by atoms with Gasteiger partial charge in [-0.1, -0.05) is 12.1 Å². The van der Waals surface area contributed by atoms with Crippen LogP contribution in [-0.2, 0) is 0 Å². The summed E-state index contributed by atoms with van der Waals surface area (Å²) >= 11 is 0. The molecule has 0 atom stereocenters. The van der Waals surface area contributed by atoms with Gasteiger partial charge in [0.15, 0.2) is 0 Å². The molecule has 3 rings (SSSR count). The fraction of sp³-hybridized carbons (Fsp3) is 0.562. The lowest BCUT2D eigenvalue weighted by Gasteiger charge is -2.23. The molecule has 3 nitrogen and oxygen atoms in total. The number of rotatable bonds is 5. The van der Waals surface area contributed by atoms with E-state index in [1.54, 1.807) is 0 Å². The van der Waals surface area contributed by atoms with Crippen molar-refractivity contribution < 1.29 is 4.79 Å². The number of nitrogens with two attached hydrogens (primary N) is 1. The van der Waals surface area contributed by atoms with E-state index in [0.717, 1.165) is 30.5 Å². The standard InChI is InChI=1S/C16H22N2O/c1-11-3-2-4-14(15(11)17)16(19)18(9-12-5-6-12)10-13-7-8-13/h2-4,12-13H,5-10,17H2,1H3. The molecular weight excluding hydrogens is 236 g/mol. The average molecular weight is 258 g/mol. The van der Waals surface area contributed by atoms with Crippen LogP contribution in [0.2, 0.25) is 0 Å². The van der Waals surface area contributed by atoms with Gasteiger partial charge in [-0.05, 0) is 56.1 Å². The maximum Gasteiger partial charge on any atom is 0.255 e. The van der Waals surface area contributed by atoms with Gasteiger partial charge in [0.1, 0.15) is 0 Å². The van der Waals surface area contributed by atoms with Gasteiger partial charge in [-0.25, -0.2) is 0 Å². The Hall–Kier alpha value is -1.51. The van der Waals surface area contributed by atoms with Gasteiger partial charge in [-0.15, -0.1) is 0 Å². The molecule has 0 bridgehead atoms. The quantitative estimate of drug-likeness (QED) is 0.825. The molecule has 0 saturated heterocycles. The zero-order valence-electron chi connectivity index (χ0n) is 11.6. The second-order valence-corrected chi connectivity index (χ2v) is 6.13. The maximum absolute atomic E-state index is 12.7. The molecule has 2 saturated carbocycles. The van der Waals surface area contributed by atoms with E-state index in [-0.39, 0.29) is 5.91 Å². The van der Waals surface area contributed by atoms with Crippen LogP contribution >= 0.6 is 0 Å². The molecule has 2 aliphatic rings. The lowest BCUT2D eigenvalue weighted by molar-refractivity contribution is 0.0740. The molecule has 0 radical (unpaired) electrons. The Labute approximate surface area is 114 Å². The van der Waals surface area contributed by atoms with Crippen molar-refractivity contribution in [1.82, 2.24) is 4.90 Å². The summed E-state index contributed by atoms with van der Waals surface area (Å²) in [5.41, 5.74) is 8.38. The summed E-state index contributed by atoms with van der Waals surface area (Å²) in [5.74, 6) is 1.59. The third-order valence-corrected chi connectivity index (χ3v) is 4.19. The zero-order valence-corrected chi connectivity index (χ0v) is 11.6. The first-order valence-electron chi connectivity index (χ1n) is 7.29. The van der Waals surface area contributed by atoms with Crippen LogP contribution in [0.1, 0.15) is 41.6 Å². The minimum atomic E-state index is 0.125. The lowest BCUT2D eigenvalue weighted by atomic mass is 10.1. The van der Waals surface area contributed by atoms with Gasteiger partial charge in [0.25, 0.3) is 5.91 Å². The molecule has 0 aliphatic heterocycles. The van der Waals surface area contributed by atoms with E-state index in [9.17, 15) is 4.79 Å². The Morgan fingerprint density at radius 3 is 2.32 bits per heavy atom. The first kappa shape index (κ1) is 12.5. The van der Waals surface area contributed by atoms with Crippen LogP contribution in [0.5, 0.6) is 0 Å². The zero-order chi connectivity index (χ0) is 13.4. The summed E-state index contributed by atoms with van der Waals surface area (Å²) in [6.45, 7) is 3.80. The molecule has 1 amide bonds. The van der Waals surface area contributed by atoms with Gasteiger partial charge in [-0.2, -0.15) is 0 Å². The second-order valence-electron chi connectivity index (χ2n) is 6.13. The fourth-order valence-corrected chi connectivity index (χ4v) is 2.50. The molecule has 19 heavy (non-hydrogen) atoms. The minimum absolute atomic E-state index is 0.125. The van der Waals surface area contributed by atoms with Gasteiger partial charge in [0.05, 0.1) is 5.56 Å². The molecule has 1 aromatic carbocycles. The Morgan fingerprint density at radius 1 is 1.21 bits per heavy atom. The number of aryl methyl sites for hydroxylation is 1. The van der Waals surface area contributed by atoms with Crippen molar-refractivity contribution in [3.63, 3.8) is 0 Å². The monoisotopic (exact) mass is 258 g/mol. The normalized spacial score (nSPS) is 18.4. The number of benzene rings is 1. The average Bonchev–Trinajstić information content (AvgIpc) is 3.26. The molecule has 102 valence electrons. The summed E-state index contributed by atoms with van der Waals surface area (Å²) in [7, 11) is 0. The van der Waals surface area contributed by atoms with Crippen LogP contribution in [0, 0.1) is 18.8 Å². The Morgan fingerprint density at radius 2 is 1.79 bits per heavy atom. The highest BCUT2D eigenvalue weighted by molar-refractivity contribution is 5.99. The number of anilines is 1. The van der Waals surface area contributed by atoms with E-state index in [4.69, 9.17) is 5.73 Å². The molecular formula is C16H22N2O. The second kappa shape index (κ2) is 4.87. The van der Waals surface area contributed by atoms with E-state index >= 15 is 0 Å². The lowest BCUT2D eigenvalue weighted by Crippen LogP contribution is -2.35. The first-order valence-corrected chi connectivity index (χ1v) is 7.29. The summed E-state index contributed by atoms with van der Waals surface area (Å²) in [6, 6.07) is 5.74. The van der Waals surface area contributed by atoms with Gasteiger partial charge in [0.2, 0.25) is 0 Å². The minimum Gasteiger partial charge on any atom is -0.398 e. The Bertz CT molecular complexity index is 476. The topological polar surface area (TPSA) is 46.3 Å². The van der Waals surface area contributed by atoms with E-state index in [2.05, 4.69) is 0 Å². The van der Waals surface area contributed by atoms with Crippen molar-refractivity contribution in [3.05, 3.63) is 29.3 Å². The third-order valence-electron chi connectivity index (χ3n) is 4.19. The first-order chi connectivity index (χ1) is 9.15. The summed E-state index contributed by atoms with van der Waals surface area (Å²) in [5, 5.41) is 0. The summed E-state index contributed by atoms with van der Waals surface area (Å²) in [6.07, 6.45) is 5.10. The molecule has 0 aromatic heterocycles. The molecule has 3 heteroatoms. The van der Waals surface area contributed by atoms with Crippen LogP contribution in [0.4, 0.5) is 5.69 Å².